The fourth-order valence-corrected chi connectivity index (χ4v) is 7.09. The molecule has 70 heavy (non-hydrogen) atoms. The molecule has 0 saturated heterocycles. The number of nitrogen functional groups attached to an aromatic ring is 1. The highest BCUT2D eigenvalue weighted by atomic mass is 19.4. The average Bonchev–Trinajstić information content (AvgIpc) is 3.93. The van der Waals surface area contributed by atoms with Gasteiger partial charge in [0.1, 0.15) is 23.4 Å². The Labute approximate surface area is 397 Å². The zero-order valence-corrected chi connectivity index (χ0v) is 39.8. The monoisotopic (exact) mass is 1000 g/mol. The number of fused-ring (bicyclic) bond motifs is 10. The first-order valence-corrected chi connectivity index (χ1v) is 22.3. The van der Waals surface area contributed by atoms with E-state index in [0.717, 1.165) is 0 Å². The maximum atomic E-state index is 14.1. The van der Waals surface area contributed by atoms with Crippen molar-refractivity contribution in [1.82, 2.24) is 30.4 Å². The Balaban J connectivity index is 0.000000282. The Kier molecular flexibility index (Phi) is 16.7. The van der Waals surface area contributed by atoms with Crippen LogP contribution in [0.15, 0.2) is 21.0 Å². The predicted molar refractivity (Wildman–Crippen MR) is 233 cm³/mol. The molecular formula is C44H58F6N8O12. The highest BCUT2D eigenvalue weighted by Gasteiger charge is 2.59. The number of nitrogens with two attached hydrogens (primary N) is 1. The molecule has 2 amide bonds. The van der Waals surface area contributed by atoms with E-state index in [1.807, 2.05) is 0 Å². The number of pyridine rings is 2. The fourth-order valence-electron chi connectivity index (χ4n) is 7.09. The molecule has 0 aromatic carbocycles. The SMILES string of the molecule is Cc1cc(N(C(=O)OC(C)(C)C)C(=O)OC(C)(C)C)c2nc1O[C@@H](CO)CCCCC[C@](O)(C(F)(F)F)c1nnc-2o1.Cc1cc(N)c2nc1O[C@@H](CO)CCCCC[C@](O)(C(F)(F)F)c1nnc-2o1. The van der Waals surface area contributed by atoms with Gasteiger partial charge in [-0.25, -0.2) is 19.6 Å². The van der Waals surface area contributed by atoms with Crippen LogP contribution in [0.3, 0.4) is 0 Å². The summed E-state index contributed by atoms with van der Waals surface area (Å²) in [5, 5.41) is 54.7. The first kappa shape index (κ1) is 55.1. The van der Waals surface area contributed by atoms with Gasteiger partial charge in [0.2, 0.25) is 23.0 Å². The predicted octanol–water partition coefficient (Wildman–Crippen LogP) is 8.05. The summed E-state index contributed by atoms with van der Waals surface area (Å²) < 4.78 is 116. The van der Waals surface area contributed by atoms with Crippen molar-refractivity contribution < 1.29 is 84.1 Å². The first-order valence-electron chi connectivity index (χ1n) is 22.3. The fraction of sp³-hybridized carbons (Fsp3) is 0.636. The smallest absolute Gasteiger partial charge is 0.426 e. The standard InChI is InChI=1S/C27H37F3N4O8.C17H21F3N4O4/c1-15-13-17(34(22(36)41-24(2,3)4)23(37)42-25(5,6)7)18-20-32-33-21(40-20)26(38,27(28,29)30)12-10-8-9-11-16(14-35)39-19(15)31-18;1-9-7-11(21)12-14-23-24-15(28-14)16(26,17(18,19)20)6-4-2-3-5-10(8-25)27-13(9)22-12/h13,16,35,38H,8-12,14H2,1-7H3;7,10,25-26H,2-6,8,21H2,1H3/t16-,26-;10-,16-/m11/s1. The first-order chi connectivity index (χ1) is 32.4. The molecule has 6 rings (SSSR count). The average molecular weight is 1000 g/mol. The van der Waals surface area contributed by atoms with Crippen LogP contribution in [0, 0.1) is 13.8 Å². The Hall–Kier alpha value is -5.86. The second-order valence-electron chi connectivity index (χ2n) is 18.9. The topological polar surface area (TPSA) is 285 Å². The number of nitrogens with zero attached hydrogens (tertiary/aromatic N) is 7. The number of ether oxygens (including phenoxy) is 4. The number of aryl methyl sites for hydroxylation is 2. The van der Waals surface area contributed by atoms with E-state index in [4.69, 9.17) is 33.5 Å². The van der Waals surface area contributed by atoms with Crippen molar-refractivity contribution in [2.24, 2.45) is 0 Å². The molecule has 4 aromatic heterocycles. The molecule has 4 aromatic rings. The molecule has 0 aliphatic carbocycles. The van der Waals surface area contributed by atoms with Crippen molar-refractivity contribution in [1.29, 1.82) is 0 Å². The molecule has 6 heterocycles. The van der Waals surface area contributed by atoms with Crippen LogP contribution in [0.25, 0.3) is 23.2 Å². The lowest BCUT2D eigenvalue weighted by atomic mass is 9.94. The molecule has 0 saturated carbocycles. The van der Waals surface area contributed by atoms with Crippen LogP contribution in [0.5, 0.6) is 11.8 Å². The van der Waals surface area contributed by atoms with Gasteiger partial charge in [0, 0.05) is 11.1 Å². The van der Waals surface area contributed by atoms with Gasteiger partial charge in [0.25, 0.3) is 23.6 Å². The normalized spacial score (nSPS) is 21.6. The third-order valence-electron chi connectivity index (χ3n) is 10.7. The zero-order chi connectivity index (χ0) is 52.2. The van der Waals surface area contributed by atoms with E-state index in [1.165, 1.54) is 12.1 Å². The number of amides is 2. The second-order valence-corrected chi connectivity index (χ2v) is 18.9. The van der Waals surface area contributed by atoms with Gasteiger partial charge in [-0.2, -0.15) is 31.2 Å². The van der Waals surface area contributed by atoms with Gasteiger partial charge in [-0.3, -0.25) is 0 Å². The Bertz CT molecular complexity index is 2430. The van der Waals surface area contributed by atoms with Crippen molar-refractivity contribution in [3.8, 4) is 34.9 Å². The van der Waals surface area contributed by atoms with E-state index < -0.39 is 102 Å². The van der Waals surface area contributed by atoms with Crippen molar-refractivity contribution in [3.05, 3.63) is 35.0 Å². The number of carbonyl (C=O) groups is 2. The number of aliphatic hydroxyl groups excluding tert-OH is 2. The van der Waals surface area contributed by atoms with E-state index in [1.54, 1.807) is 55.4 Å². The lowest BCUT2D eigenvalue weighted by molar-refractivity contribution is -0.277. The summed E-state index contributed by atoms with van der Waals surface area (Å²) in [4.78, 5) is 35.8. The molecule has 4 atom stereocenters. The van der Waals surface area contributed by atoms with Gasteiger partial charge in [-0.05, 0) is 119 Å². The molecule has 8 bridgehead atoms. The number of hydrogen-bond donors (Lipinski definition) is 5. The lowest BCUT2D eigenvalue weighted by Gasteiger charge is -2.29. The molecule has 6 N–H and O–H groups in total. The molecule has 20 nitrogen and oxygen atoms in total. The van der Waals surface area contributed by atoms with Crippen molar-refractivity contribution in [2.45, 2.75) is 167 Å². The number of hydrogen-bond acceptors (Lipinski definition) is 19. The maximum Gasteiger partial charge on any atom is 0.426 e. The number of rotatable bonds is 3. The van der Waals surface area contributed by atoms with Crippen molar-refractivity contribution >= 4 is 23.6 Å². The maximum absolute atomic E-state index is 14.1. The summed E-state index contributed by atoms with van der Waals surface area (Å²) in [5.74, 6) is -3.01. The number of anilines is 2. The third kappa shape index (κ3) is 12.9. The largest absolute Gasteiger partial charge is 0.472 e. The van der Waals surface area contributed by atoms with E-state index in [-0.39, 0.29) is 67.0 Å². The quantitative estimate of drug-likeness (QED) is 0.121. The number of aliphatic hydroxyl groups is 4. The van der Waals surface area contributed by atoms with Crippen LogP contribution in [-0.4, -0.2) is 112 Å². The van der Waals surface area contributed by atoms with Gasteiger partial charge in [0.15, 0.2) is 11.4 Å². The van der Waals surface area contributed by atoms with E-state index in [9.17, 15) is 56.4 Å². The minimum Gasteiger partial charge on any atom is -0.472 e. The Morgan fingerprint density at radius 3 is 1.47 bits per heavy atom. The number of alkyl halides is 6. The van der Waals surface area contributed by atoms with Gasteiger partial charge in [0.05, 0.1) is 24.6 Å². The van der Waals surface area contributed by atoms with Crippen LogP contribution in [0.4, 0.5) is 47.3 Å². The summed E-state index contributed by atoms with van der Waals surface area (Å²) >= 11 is 0. The van der Waals surface area contributed by atoms with Gasteiger partial charge in [-0.15, -0.1) is 20.4 Å². The van der Waals surface area contributed by atoms with Gasteiger partial charge in [-0.1, -0.05) is 12.8 Å². The Morgan fingerprint density at radius 1 is 0.671 bits per heavy atom. The molecule has 388 valence electrons. The number of carbonyl (C=O) groups excluding carboxylic acids is 2. The van der Waals surface area contributed by atoms with E-state index in [2.05, 4.69) is 30.4 Å². The van der Waals surface area contributed by atoms with Crippen LogP contribution >= 0.6 is 0 Å². The summed E-state index contributed by atoms with van der Waals surface area (Å²) in [7, 11) is 0. The molecule has 0 radical (unpaired) electrons. The number of imide groups is 1. The minimum absolute atomic E-state index is 0.0508. The Morgan fingerprint density at radius 2 is 1.07 bits per heavy atom. The van der Waals surface area contributed by atoms with Crippen LogP contribution in [0.1, 0.15) is 129 Å². The second kappa shape index (κ2) is 21.2. The van der Waals surface area contributed by atoms with Crippen molar-refractivity contribution in [3.63, 3.8) is 0 Å². The van der Waals surface area contributed by atoms with Gasteiger partial charge < -0.3 is 53.9 Å². The lowest BCUT2D eigenvalue weighted by Crippen LogP contribution is -2.44. The minimum atomic E-state index is -5.17. The van der Waals surface area contributed by atoms with Gasteiger partial charge >= 0.3 is 24.5 Å². The molecule has 0 unspecified atom stereocenters. The summed E-state index contributed by atoms with van der Waals surface area (Å²) in [6, 6.07) is 2.81. The summed E-state index contributed by atoms with van der Waals surface area (Å²) in [5.41, 5.74) is -2.78. The molecule has 0 fully saturated rings. The summed E-state index contributed by atoms with van der Waals surface area (Å²) in [6.07, 6.45) is -13.0. The molecule has 0 spiro atoms. The van der Waals surface area contributed by atoms with E-state index >= 15 is 0 Å². The highest BCUT2D eigenvalue weighted by Crippen LogP contribution is 2.46. The number of aromatic nitrogens is 6. The number of halogens is 6. The third-order valence-corrected chi connectivity index (χ3v) is 10.7. The molecule has 26 heteroatoms. The summed E-state index contributed by atoms with van der Waals surface area (Å²) in [6.45, 7) is 12.0. The van der Waals surface area contributed by atoms with E-state index in [0.29, 0.717) is 41.7 Å². The molecule has 2 aliphatic heterocycles. The highest BCUT2D eigenvalue weighted by molar-refractivity contribution is 6.11. The molecular weight excluding hydrogens is 947 g/mol. The van der Waals surface area contributed by atoms with Crippen molar-refractivity contribution in [2.75, 3.05) is 23.8 Å². The molecule has 2 aliphatic rings. The van der Waals surface area contributed by atoms with Crippen LogP contribution in [-0.2, 0) is 20.7 Å². The van der Waals surface area contributed by atoms with Crippen LogP contribution < -0.4 is 20.1 Å². The zero-order valence-electron chi connectivity index (χ0n) is 39.8. The van der Waals surface area contributed by atoms with Crippen LogP contribution in [0.2, 0.25) is 0 Å².